The molecule has 0 N–H and O–H groups in total. The highest BCUT2D eigenvalue weighted by atomic mass is 16.1. The summed E-state index contributed by atoms with van der Waals surface area (Å²) in [7, 11) is 0. The summed E-state index contributed by atoms with van der Waals surface area (Å²) >= 11 is 0. The number of Topliss-reactive ketones (excluding diaryl/α,β-unsaturated/α-hetero) is 1. The molecule has 1 nitrogen and oxygen atoms in total. The molecule has 1 unspecified atom stereocenters. The van der Waals surface area contributed by atoms with E-state index in [0.29, 0.717) is 0 Å². The molecule has 1 aliphatic carbocycles. The van der Waals surface area contributed by atoms with Crippen LogP contribution in [0.5, 0.6) is 0 Å². The molecule has 0 fully saturated rings. The predicted molar refractivity (Wildman–Crippen MR) is 37.2 cm³/mol. The summed E-state index contributed by atoms with van der Waals surface area (Å²) in [6.45, 7) is 3.66. The average Bonchev–Trinajstić information content (AvgIpc) is 2.16. The van der Waals surface area contributed by atoms with Crippen LogP contribution in [0.4, 0.5) is 0 Å². The van der Waals surface area contributed by atoms with Crippen molar-refractivity contribution in [2.75, 3.05) is 0 Å². The monoisotopic (exact) mass is 124 g/mol. The molecule has 9 heavy (non-hydrogen) atoms. The minimum atomic E-state index is -0.125. The second-order valence-electron chi connectivity index (χ2n) is 2.91. The molecule has 0 amide bonds. The third-order valence-corrected chi connectivity index (χ3v) is 2.12. The molecular weight excluding hydrogens is 112 g/mol. The van der Waals surface area contributed by atoms with E-state index in [0.717, 1.165) is 12.8 Å². The molecule has 0 bridgehead atoms. The highest BCUT2D eigenvalue weighted by Crippen LogP contribution is 2.31. The smallest absolute Gasteiger partial charge is 0.139 e. The van der Waals surface area contributed by atoms with Crippen molar-refractivity contribution in [3.8, 4) is 0 Å². The first kappa shape index (κ1) is 6.53. The van der Waals surface area contributed by atoms with E-state index in [4.69, 9.17) is 0 Å². The zero-order valence-corrected chi connectivity index (χ0v) is 5.98. The Bertz CT molecular complexity index is 158. The van der Waals surface area contributed by atoms with Crippen molar-refractivity contribution in [3.63, 3.8) is 0 Å². The van der Waals surface area contributed by atoms with Gasteiger partial charge in [0.2, 0.25) is 0 Å². The van der Waals surface area contributed by atoms with Crippen molar-refractivity contribution in [1.29, 1.82) is 0 Å². The van der Waals surface area contributed by atoms with Gasteiger partial charge in [-0.1, -0.05) is 12.2 Å². The van der Waals surface area contributed by atoms with Crippen LogP contribution in [0.3, 0.4) is 0 Å². The van der Waals surface area contributed by atoms with Gasteiger partial charge in [0, 0.05) is 5.41 Å². The summed E-state index contributed by atoms with van der Waals surface area (Å²) in [5.74, 6) is 0.288. The van der Waals surface area contributed by atoms with Crippen LogP contribution < -0.4 is 0 Å². The molecule has 1 atom stereocenters. The number of hydrogen-bond acceptors (Lipinski definition) is 1. The molecule has 0 saturated heterocycles. The van der Waals surface area contributed by atoms with E-state index in [2.05, 4.69) is 6.08 Å². The van der Waals surface area contributed by atoms with Gasteiger partial charge in [0.25, 0.3) is 0 Å². The van der Waals surface area contributed by atoms with Crippen molar-refractivity contribution in [2.45, 2.75) is 26.7 Å². The van der Waals surface area contributed by atoms with E-state index in [1.807, 2.05) is 13.0 Å². The molecule has 0 spiro atoms. The van der Waals surface area contributed by atoms with Crippen LogP contribution in [0.25, 0.3) is 0 Å². The summed E-state index contributed by atoms with van der Waals surface area (Å²) in [5, 5.41) is 0. The first-order chi connectivity index (χ1) is 4.15. The fourth-order valence-corrected chi connectivity index (χ4v) is 1.10. The number of rotatable bonds is 1. The van der Waals surface area contributed by atoms with Gasteiger partial charge in [-0.3, -0.25) is 4.79 Å². The summed E-state index contributed by atoms with van der Waals surface area (Å²) < 4.78 is 0. The lowest BCUT2D eigenvalue weighted by Crippen LogP contribution is -2.19. The Kier molecular flexibility index (Phi) is 1.43. The molecule has 0 aromatic carbocycles. The molecular formula is C8H12O. The van der Waals surface area contributed by atoms with E-state index >= 15 is 0 Å². The van der Waals surface area contributed by atoms with Crippen LogP contribution in [0.2, 0.25) is 0 Å². The third-order valence-electron chi connectivity index (χ3n) is 2.12. The molecule has 50 valence electrons. The number of ketones is 1. The Morgan fingerprint density at radius 3 is 2.56 bits per heavy atom. The maximum Gasteiger partial charge on any atom is 0.139 e. The largest absolute Gasteiger partial charge is 0.299 e. The van der Waals surface area contributed by atoms with Crippen LogP contribution in [-0.2, 0) is 4.79 Å². The molecule has 0 aliphatic heterocycles. The molecule has 0 aromatic heterocycles. The first-order valence-corrected chi connectivity index (χ1v) is 3.34. The van der Waals surface area contributed by atoms with Gasteiger partial charge < -0.3 is 0 Å². The van der Waals surface area contributed by atoms with Crippen LogP contribution >= 0.6 is 0 Å². The molecule has 0 radical (unpaired) electrons. The number of hydrogen-bond donors (Lipinski definition) is 0. The van der Waals surface area contributed by atoms with Crippen molar-refractivity contribution < 1.29 is 4.79 Å². The summed E-state index contributed by atoms with van der Waals surface area (Å²) in [5.41, 5.74) is -0.125. The van der Waals surface area contributed by atoms with E-state index in [9.17, 15) is 4.79 Å². The van der Waals surface area contributed by atoms with E-state index in [-0.39, 0.29) is 11.2 Å². The lowest BCUT2D eigenvalue weighted by Gasteiger charge is -2.16. The highest BCUT2D eigenvalue weighted by Gasteiger charge is 2.28. The second kappa shape index (κ2) is 1.98. The molecule has 1 rings (SSSR count). The van der Waals surface area contributed by atoms with E-state index in [1.54, 1.807) is 6.92 Å². The van der Waals surface area contributed by atoms with Crippen molar-refractivity contribution >= 4 is 5.78 Å². The molecule has 0 saturated carbocycles. The topological polar surface area (TPSA) is 17.1 Å². The third kappa shape index (κ3) is 1.04. The van der Waals surface area contributed by atoms with Gasteiger partial charge >= 0.3 is 0 Å². The minimum Gasteiger partial charge on any atom is -0.299 e. The second-order valence-corrected chi connectivity index (χ2v) is 2.91. The molecule has 0 heterocycles. The van der Waals surface area contributed by atoms with E-state index in [1.165, 1.54) is 0 Å². The number of carbonyl (C=O) groups is 1. The SMILES string of the molecule is CC(=O)C1(C)C=CCC1. The van der Waals surface area contributed by atoms with Gasteiger partial charge in [0.1, 0.15) is 5.78 Å². The zero-order valence-electron chi connectivity index (χ0n) is 5.98. The normalized spacial score (nSPS) is 33.1. The van der Waals surface area contributed by atoms with Crippen LogP contribution in [0.1, 0.15) is 26.7 Å². The minimum absolute atomic E-state index is 0.125. The highest BCUT2D eigenvalue weighted by molar-refractivity contribution is 5.84. The number of allylic oxidation sites excluding steroid dienone is 2. The summed E-state index contributed by atoms with van der Waals surface area (Å²) in [6.07, 6.45) is 6.18. The Morgan fingerprint density at radius 1 is 1.67 bits per heavy atom. The van der Waals surface area contributed by atoms with Crippen LogP contribution in [0, 0.1) is 5.41 Å². The van der Waals surface area contributed by atoms with Gasteiger partial charge in [-0.05, 0) is 26.7 Å². The summed E-state index contributed by atoms with van der Waals surface area (Å²) in [6, 6.07) is 0. The first-order valence-electron chi connectivity index (χ1n) is 3.34. The molecule has 1 aliphatic rings. The van der Waals surface area contributed by atoms with Crippen molar-refractivity contribution in [1.82, 2.24) is 0 Å². The Labute approximate surface area is 55.8 Å². The predicted octanol–water partition coefficient (Wildman–Crippen LogP) is 1.93. The van der Waals surface area contributed by atoms with Crippen LogP contribution in [-0.4, -0.2) is 5.78 Å². The van der Waals surface area contributed by atoms with Crippen molar-refractivity contribution in [3.05, 3.63) is 12.2 Å². The van der Waals surface area contributed by atoms with Gasteiger partial charge in [-0.25, -0.2) is 0 Å². The van der Waals surface area contributed by atoms with Gasteiger partial charge in [-0.15, -0.1) is 0 Å². The average molecular weight is 124 g/mol. The Hall–Kier alpha value is -0.590. The van der Waals surface area contributed by atoms with Gasteiger partial charge in [-0.2, -0.15) is 0 Å². The van der Waals surface area contributed by atoms with Gasteiger partial charge in [0.05, 0.1) is 0 Å². The fourth-order valence-electron chi connectivity index (χ4n) is 1.10. The Balaban J connectivity index is 2.74. The zero-order chi connectivity index (χ0) is 6.91. The van der Waals surface area contributed by atoms with Gasteiger partial charge in [0.15, 0.2) is 0 Å². The maximum atomic E-state index is 10.9. The molecule has 0 aromatic rings. The standard InChI is InChI=1S/C8H12O/c1-7(9)8(2)5-3-4-6-8/h3,5H,4,6H2,1-2H3. The van der Waals surface area contributed by atoms with Crippen LogP contribution in [0.15, 0.2) is 12.2 Å². The maximum absolute atomic E-state index is 10.9. The van der Waals surface area contributed by atoms with Crippen molar-refractivity contribution in [2.24, 2.45) is 5.41 Å². The number of carbonyl (C=O) groups excluding carboxylic acids is 1. The lowest BCUT2D eigenvalue weighted by atomic mass is 9.86. The Morgan fingerprint density at radius 2 is 2.33 bits per heavy atom. The van der Waals surface area contributed by atoms with E-state index < -0.39 is 0 Å². The molecule has 1 heteroatoms. The lowest BCUT2D eigenvalue weighted by molar-refractivity contribution is -0.123. The fraction of sp³-hybridized carbons (Fsp3) is 0.625. The summed E-state index contributed by atoms with van der Waals surface area (Å²) in [4.78, 5) is 10.9. The quantitative estimate of drug-likeness (QED) is 0.488.